The number of carbonyl (C=O) groups is 2. The zero-order valence-electron chi connectivity index (χ0n) is 19.3. The second kappa shape index (κ2) is 7.80. The molecule has 8 atom stereocenters. The van der Waals surface area contributed by atoms with E-state index in [9.17, 15) is 24.9 Å². The minimum atomic E-state index is -2.00. The van der Waals surface area contributed by atoms with Crippen LogP contribution in [0.25, 0.3) is 0 Å². The standard InChI is InChI=1S/C24H34FN3O5/c1-13-8-17-16-5-4-14-9-15(27-28-20(32)11-26)6-7-21(14,2)23(16,25)18(30)10-22(17,3)24(13,33)19(31)12-29/h6-7,9,13,16-18,29-30,33H,4-5,8,10-12,26H2,1-3H3,(H,28,32)/b27-15+/t13-,16+,17+,18+,21+,22+,23+,24+/m1/s1. The molecule has 8 nitrogen and oxygen atoms in total. The van der Waals surface area contributed by atoms with Gasteiger partial charge in [-0.2, -0.15) is 5.10 Å². The van der Waals surface area contributed by atoms with Crippen molar-refractivity contribution in [3.05, 3.63) is 23.8 Å². The Kier molecular flexibility index (Phi) is 5.72. The van der Waals surface area contributed by atoms with E-state index in [0.29, 0.717) is 25.0 Å². The van der Waals surface area contributed by atoms with E-state index < -0.39 is 58.3 Å². The molecule has 0 unspecified atom stereocenters. The largest absolute Gasteiger partial charge is 0.390 e. The first kappa shape index (κ1) is 24.2. The van der Waals surface area contributed by atoms with Gasteiger partial charge in [0.2, 0.25) is 0 Å². The third-order valence-corrected chi connectivity index (χ3v) is 9.30. The van der Waals surface area contributed by atoms with Crippen LogP contribution < -0.4 is 11.2 Å². The zero-order chi connectivity index (χ0) is 24.4. The van der Waals surface area contributed by atoms with Gasteiger partial charge in [0.05, 0.1) is 18.4 Å². The Morgan fingerprint density at radius 2 is 2.03 bits per heavy atom. The number of Topliss-reactive ketones (excluding diaryl/α,β-unsaturated/α-hetero) is 1. The maximum Gasteiger partial charge on any atom is 0.253 e. The number of allylic oxidation sites excluding steroid dienone is 4. The number of carbonyl (C=O) groups excluding carboxylic acids is 2. The molecule has 9 heteroatoms. The third-order valence-electron chi connectivity index (χ3n) is 9.30. The topological polar surface area (TPSA) is 145 Å². The monoisotopic (exact) mass is 463 g/mol. The molecule has 4 aliphatic rings. The summed E-state index contributed by atoms with van der Waals surface area (Å²) < 4.78 is 17.2. The second-order valence-corrected chi connectivity index (χ2v) is 10.6. The van der Waals surface area contributed by atoms with Gasteiger partial charge in [-0.1, -0.05) is 25.5 Å². The van der Waals surface area contributed by atoms with Crippen LogP contribution in [0.15, 0.2) is 28.9 Å². The van der Waals surface area contributed by atoms with Crippen LogP contribution in [0.1, 0.15) is 46.5 Å². The number of alkyl halides is 1. The molecular formula is C24H34FN3O5. The van der Waals surface area contributed by atoms with E-state index in [1.54, 1.807) is 39.0 Å². The van der Waals surface area contributed by atoms with Gasteiger partial charge in [0.15, 0.2) is 11.5 Å². The fourth-order valence-electron chi connectivity index (χ4n) is 7.51. The molecule has 0 radical (unpaired) electrons. The third kappa shape index (κ3) is 2.98. The molecule has 0 aromatic heterocycles. The van der Waals surface area contributed by atoms with Crippen molar-refractivity contribution in [3.63, 3.8) is 0 Å². The van der Waals surface area contributed by atoms with Crippen LogP contribution in [-0.2, 0) is 9.59 Å². The van der Waals surface area contributed by atoms with Crippen molar-refractivity contribution >= 4 is 17.4 Å². The molecule has 0 heterocycles. The molecule has 3 fully saturated rings. The summed E-state index contributed by atoms with van der Waals surface area (Å²) in [6.07, 6.45) is 5.03. The number of nitrogens with one attached hydrogen (secondary N) is 1. The van der Waals surface area contributed by atoms with Crippen molar-refractivity contribution in [3.8, 4) is 0 Å². The van der Waals surface area contributed by atoms with Gasteiger partial charge < -0.3 is 21.1 Å². The Balaban J connectivity index is 1.73. The van der Waals surface area contributed by atoms with Crippen LogP contribution in [0.5, 0.6) is 0 Å². The lowest BCUT2D eigenvalue weighted by molar-refractivity contribution is -0.219. The van der Waals surface area contributed by atoms with Crippen molar-refractivity contribution in [2.24, 2.45) is 39.4 Å². The van der Waals surface area contributed by atoms with Crippen LogP contribution in [0.4, 0.5) is 4.39 Å². The summed E-state index contributed by atoms with van der Waals surface area (Å²) in [5.41, 5.74) is 2.94. The van der Waals surface area contributed by atoms with Gasteiger partial charge >= 0.3 is 0 Å². The molecule has 0 aromatic carbocycles. The predicted molar refractivity (Wildman–Crippen MR) is 120 cm³/mol. The lowest BCUT2D eigenvalue weighted by atomic mass is 9.44. The number of amides is 1. The molecule has 0 bridgehead atoms. The van der Waals surface area contributed by atoms with E-state index >= 15 is 4.39 Å². The molecular weight excluding hydrogens is 429 g/mol. The van der Waals surface area contributed by atoms with Crippen LogP contribution in [0.2, 0.25) is 0 Å². The lowest BCUT2D eigenvalue weighted by Gasteiger charge is -2.62. The Labute approximate surface area is 192 Å². The summed E-state index contributed by atoms with van der Waals surface area (Å²) >= 11 is 0. The highest BCUT2D eigenvalue weighted by molar-refractivity contribution is 6.06. The van der Waals surface area contributed by atoms with E-state index in [0.717, 1.165) is 5.57 Å². The molecule has 182 valence electrons. The first-order valence-corrected chi connectivity index (χ1v) is 11.6. The predicted octanol–water partition coefficient (Wildman–Crippen LogP) is 0.758. The van der Waals surface area contributed by atoms with Gasteiger partial charge in [-0.3, -0.25) is 9.59 Å². The normalized spacial score (nSPS) is 47.4. The van der Waals surface area contributed by atoms with Crippen molar-refractivity contribution in [2.75, 3.05) is 13.2 Å². The molecule has 0 aliphatic heterocycles. The maximum absolute atomic E-state index is 17.2. The van der Waals surface area contributed by atoms with Crippen molar-refractivity contribution in [1.82, 2.24) is 5.43 Å². The molecule has 0 saturated heterocycles. The number of hydrogen-bond acceptors (Lipinski definition) is 7. The summed E-state index contributed by atoms with van der Waals surface area (Å²) in [5, 5.41) is 36.4. The summed E-state index contributed by atoms with van der Waals surface area (Å²) in [6, 6.07) is 0. The lowest BCUT2D eigenvalue weighted by Crippen LogP contribution is -2.69. The number of rotatable bonds is 4. The van der Waals surface area contributed by atoms with Gasteiger partial charge in [-0.25, -0.2) is 9.82 Å². The highest BCUT2D eigenvalue weighted by Crippen LogP contribution is 2.70. The molecule has 0 aromatic rings. The Morgan fingerprint density at radius 1 is 1.33 bits per heavy atom. The molecule has 1 amide bonds. The van der Waals surface area contributed by atoms with E-state index in [-0.39, 0.29) is 18.9 Å². The average Bonchev–Trinajstić information content (AvgIpc) is 2.99. The average molecular weight is 464 g/mol. The summed E-state index contributed by atoms with van der Waals surface area (Å²) in [7, 11) is 0. The summed E-state index contributed by atoms with van der Waals surface area (Å²) in [5.74, 6) is -2.46. The first-order chi connectivity index (χ1) is 15.4. The van der Waals surface area contributed by atoms with E-state index in [1.165, 1.54) is 0 Å². The molecule has 4 rings (SSSR count). The van der Waals surface area contributed by atoms with Gasteiger partial charge in [0.1, 0.15) is 12.2 Å². The number of aliphatic hydroxyl groups is 3. The number of aliphatic hydroxyl groups excluding tert-OH is 2. The number of hydrogen-bond donors (Lipinski definition) is 5. The fourth-order valence-corrected chi connectivity index (χ4v) is 7.51. The van der Waals surface area contributed by atoms with Crippen molar-refractivity contribution in [2.45, 2.75) is 63.8 Å². The minimum Gasteiger partial charge on any atom is -0.390 e. The number of fused-ring (bicyclic) bond motifs is 5. The number of hydrazone groups is 1. The van der Waals surface area contributed by atoms with E-state index in [1.807, 2.05) is 0 Å². The number of halogens is 1. The van der Waals surface area contributed by atoms with Gasteiger partial charge in [-0.05, 0) is 56.6 Å². The highest BCUT2D eigenvalue weighted by Gasteiger charge is 2.75. The second-order valence-electron chi connectivity index (χ2n) is 10.6. The van der Waals surface area contributed by atoms with E-state index in [4.69, 9.17) is 5.73 Å². The first-order valence-electron chi connectivity index (χ1n) is 11.6. The molecule has 33 heavy (non-hydrogen) atoms. The van der Waals surface area contributed by atoms with Gasteiger partial charge in [0, 0.05) is 16.7 Å². The zero-order valence-corrected chi connectivity index (χ0v) is 19.3. The number of nitrogens with two attached hydrogens (primary N) is 1. The maximum atomic E-state index is 17.2. The SMILES string of the molecule is C[C@@H]1C[C@H]2[C@@H]3CCC4=C/C(=N/NC(=O)CN)C=C[C@]4(C)[C@@]3(F)[C@@H](O)C[C@]2(C)[C@@]1(O)C(=O)CO. The Morgan fingerprint density at radius 3 is 2.67 bits per heavy atom. The number of nitrogens with zero attached hydrogens (tertiary/aromatic N) is 1. The summed E-state index contributed by atoms with van der Waals surface area (Å²) in [4.78, 5) is 24.1. The highest BCUT2D eigenvalue weighted by atomic mass is 19.1. The van der Waals surface area contributed by atoms with Crippen LogP contribution >= 0.6 is 0 Å². The van der Waals surface area contributed by atoms with Crippen molar-refractivity contribution in [1.29, 1.82) is 0 Å². The van der Waals surface area contributed by atoms with E-state index in [2.05, 4.69) is 10.5 Å². The van der Waals surface area contributed by atoms with Crippen LogP contribution in [0.3, 0.4) is 0 Å². The fraction of sp³-hybridized carbons (Fsp3) is 0.708. The van der Waals surface area contributed by atoms with Crippen LogP contribution in [-0.4, -0.2) is 63.2 Å². The molecule has 6 N–H and O–H groups in total. The smallest absolute Gasteiger partial charge is 0.253 e. The van der Waals surface area contributed by atoms with Gasteiger partial charge in [0.25, 0.3) is 5.91 Å². The number of ketones is 1. The minimum absolute atomic E-state index is 0.0819. The van der Waals surface area contributed by atoms with Crippen LogP contribution in [0, 0.1) is 28.6 Å². The van der Waals surface area contributed by atoms with Gasteiger partial charge in [-0.15, -0.1) is 0 Å². The quantitative estimate of drug-likeness (QED) is 0.389. The molecule has 4 aliphatic carbocycles. The molecule has 3 saturated carbocycles. The Hall–Kier alpha value is -1.94. The molecule has 0 spiro atoms. The Bertz CT molecular complexity index is 966. The summed E-state index contributed by atoms with van der Waals surface area (Å²) in [6.45, 7) is 4.30. The van der Waals surface area contributed by atoms with Crippen molar-refractivity contribution < 1.29 is 29.3 Å².